The Morgan fingerprint density at radius 3 is 2.75 bits per heavy atom. The van der Waals surface area contributed by atoms with E-state index >= 15 is 0 Å². The van der Waals surface area contributed by atoms with Crippen molar-refractivity contribution in [2.45, 2.75) is 13.3 Å². The van der Waals surface area contributed by atoms with E-state index in [4.69, 9.17) is 28.6 Å². The number of hydrogen-bond donors (Lipinski definition) is 2. The van der Waals surface area contributed by atoms with Crippen molar-refractivity contribution in [3.63, 3.8) is 0 Å². The minimum atomic E-state index is -0.355. The van der Waals surface area contributed by atoms with Crippen molar-refractivity contribution in [2.24, 2.45) is 0 Å². The maximum Gasteiger partial charge on any atom is 0.261 e. The van der Waals surface area contributed by atoms with Crippen molar-refractivity contribution >= 4 is 56.5 Å². The second-order valence-electron chi connectivity index (χ2n) is 4.88. The van der Waals surface area contributed by atoms with Crippen LogP contribution in [-0.2, 0) is 0 Å². The normalized spacial score (nSPS) is 10.1. The zero-order valence-corrected chi connectivity index (χ0v) is 16.1. The molecule has 2 aromatic carbocycles. The molecule has 0 unspecified atom stereocenters. The lowest BCUT2D eigenvalue weighted by Crippen LogP contribution is -2.34. The van der Waals surface area contributed by atoms with Gasteiger partial charge in [0.1, 0.15) is 5.75 Å². The first-order chi connectivity index (χ1) is 11.5. The van der Waals surface area contributed by atoms with Crippen LogP contribution >= 0.6 is 39.7 Å². The van der Waals surface area contributed by atoms with E-state index < -0.39 is 0 Å². The van der Waals surface area contributed by atoms with Crippen molar-refractivity contribution < 1.29 is 9.53 Å². The Morgan fingerprint density at radius 1 is 1.29 bits per heavy atom. The van der Waals surface area contributed by atoms with Crippen LogP contribution in [0.3, 0.4) is 0 Å². The number of amides is 1. The SMILES string of the molecule is CCCOc1ccc(Br)cc1C(=O)NC(=S)Nc1ccccc1Cl. The van der Waals surface area contributed by atoms with Gasteiger partial charge in [0.25, 0.3) is 5.91 Å². The highest BCUT2D eigenvalue weighted by molar-refractivity contribution is 9.10. The summed E-state index contributed by atoms with van der Waals surface area (Å²) in [4.78, 5) is 12.5. The second kappa shape index (κ2) is 9.01. The number of para-hydroxylation sites is 1. The van der Waals surface area contributed by atoms with E-state index in [1.807, 2.05) is 25.1 Å². The number of thiocarbonyl (C=S) groups is 1. The van der Waals surface area contributed by atoms with E-state index in [0.29, 0.717) is 28.6 Å². The van der Waals surface area contributed by atoms with Gasteiger partial charge in [-0.1, -0.05) is 46.6 Å². The van der Waals surface area contributed by atoms with Crippen LogP contribution in [0, 0.1) is 0 Å². The van der Waals surface area contributed by atoms with Crippen molar-refractivity contribution in [3.05, 3.63) is 57.5 Å². The Bertz CT molecular complexity index is 755. The summed E-state index contributed by atoms with van der Waals surface area (Å²) in [5.74, 6) is 0.157. The average Bonchev–Trinajstić information content (AvgIpc) is 2.55. The van der Waals surface area contributed by atoms with Gasteiger partial charge in [0.2, 0.25) is 0 Å². The van der Waals surface area contributed by atoms with Gasteiger partial charge >= 0.3 is 0 Å². The van der Waals surface area contributed by atoms with E-state index in [-0.39, 0.29) is 11.0 Å². The van der Waals surface area contributed by atoms with Gasteiger partial charge in [-0.05, 0) is 49.0 Å². The topological polar surface area (TPSA) is 50.4 Å². The van der Waals surface area contributed by atoms with Gasteiger partial charge in [-0.25, -0.2) is 0 Å². The Hall–Kier alpha value is -1.63. The fourth-order valence-electron chi connectivity index (χ4n) is 1.90. The molecular weight excluding hydrogens is 412 g/mol. The Balaban J connectivity index is 2.10. The molecular formula is C17H16BrClN2O2S. The lowest BCUT2D eigenvalue weighted by Gasteiger charge is -2.13. The van der Waals surface area contributed by atoms with Crippen LogP contribution in [0.1, 0.15) is 23.7 Å². The molecule has 0 radical (unpaired) electrons. The predicted molar refractivity (Wildman–Crippen MR) is 105 cm³/mol. The summed E-state index contributed by atoms with van der Waals surface area (Å²) < 4.78 is 6.39. The third-order valence-electron chi connectivity index (χ3n) is 3.00. The highest BCUT2D eigenvalue weighted by atomic mass is 79.9. The average molecular weight is 428 g/mol. The minimum Gasteiger partial charge on any atom is -0.493 e. The molecule has 0 spiro atoms. The molecule has 0 aliphatic heterocycles. The zero-order valence-electron chi connectivity index (χ0n) is 12.9. The van der Waals surface area contributed by atoms with Crippen molar-refractivity contribution in [3.8, 4) is 5.75 Å². The van der Waals surface area contributed by atoms with Crippen LogP contribution in [0.4, 0.5) is 5.69 Å². The quantitative estimate of drug-likeness (QED) is 0.658. The smallest absolute Gasteiger partial charge is 0.261 e. The number of carbonyl (C=O) groups excluding carboxylic acids is 1. The Kier molecular flexibility index (Phi) is 7.02. The third-order valence-corrected chi connectivity index (χ3v) is 4.02. The predicted octanol–water partition coefficient (Wildman–Crippen LogP) is 5.02. The molecule has 4 nitrogen and oxygen atoms in total. The molecule has 0 atom stereocenters. The minimum absolute atomic E-state index is 0.162. The van der Waals surface area contributed by atoms with Crippen LogP contribution < -0.4 is 15.4 Å². The van der Waals surface area contributed by atoms with Crippen molar-refractivity contribution in [1.29, 1.82) is 0 Å². The number of nitrogens with one attached hydrogen (secondary N) is 2. The van der Waals surface area contributed by atoms with Gasteiger partial charge in [-0.15, -0.1) is 0 Å². The van der Waals surface area contributed by atoms with Gasteiger partial charge in [0.15, 0.2) is 5.11 Å². The summed E-state index contributed by atoms with van der Waals surface area (Å²) in [6.07, 6.45) is 0.851. The number of halogens is 2. The Morgan fingerprint density at radius 2 is 2.04 bits per heavy atom. The number of carbonyl (C=O) groups is 1. The van der Waals surface area contributed by atoms with Gasteiger partial charge in [-0.2, -0.15) is 0 Å². The number of ether oxygens (including phenoxy) is 1. The summed E-state index contributed by atoms with van der Waals surface area (Å²) in [5.41, 5.74) is 1.03. The fourth-order valence-corrected chi connectivity index (χ4v) is 2.65. The molecule has 0 saturated heterocycles. The highest BCUT2D eigenvalue weighted by Crippen LogP contribution is 2.24. The largest absolute Gasteiger partial charge is 0.493 e. The maximum absolute atomic E-state index is 12.5. The number of benzene rings is 2. The summed E-state index contributed by atoms with van der Waals surface area (Å²) in [6.45, 7) is 2.53. The van der Waals surface area contributed by atoms with E-state index in [2.05, 4.69) is 26.6 Å². The van der Waals surface area contributed by atoms with Gasteiger partial charge < -0.3 is 10.1 Å². The molecule has 0 bridgehead atoms. The van der Waals surface area contributed by atoms with Crippen LogP contribution in [0.15, 0.2) is 46.9 Å². The van der Waals surface area contributed by atoms with E-state index in [0.717, 1.165) is 10.9 Å². The van der Waals surface area contributed by atoms with Gasteiger partial charge in [0, 0.05) is 4.47 Å². The van der Waals surface area contributed by atoms with Gasteiger partial charge in [0.05, 0.1) is 22.9 Å². The van der Waals surface area contributed by atoms with Crippen LogP contribution in [-0.4, -0.2) is 17.6 Å². The first kappa shape index (κ1) is 18.7. The molecule has 126 valence electrons. The molecule has 0 aliphatic rings. The summed E-state index contributed by atoms with van der Waals surface area (Å²) in [5, 5.41) is 6.22. The molecule has 2 aromatic rings. The summed E-state index contributed by atoms with van der Waals surface area (Å²) in [6, 6.07) is 12.4. The molecule has 7 heteroatoms. The summed E-state index contributed by atoms with van der Waals surface area (Å²) >= 11 is 14.6. The molecule has 24 heavy (non-hydrogen) atoms. The lowest BCUT2D eigenvalue weighted by atomic mass is 10.2. The summed E-state index contributed by atoms with van der Waals surface area (Å²) in [7, 11) is 0. The molecule has 2 N–H and O–H groups in total. The number of hydrogen-bond acceptors (Lipinski definition) is 3. The van der Waals surface area contributed by atoms with Crippen LogP contribution in [0.25, 0.3) is 0 Å². The van der Waals surface area contributed by atoms with Crippen LogP contribution in [0.2, 0.25) is 5.02 Å². The number of anilines is 1. The molecule has 0 aliphatic carbocycles. The maximum atomic E-state index is 12.5. The molecule has 2 rings (SSSR count). The van der Waals surface area contributed by atoms with Crippen molar-refractivity contribution in [1.82, 2.24) is 5.32 Å². The first-order valence-electron chi connectivity index (χ1n) is 7.30. The fraction of sp³-hybridized carbons (Fsp3) is 0.176. The van der Waals surface area contributed by atoms with E-state index in [1.165, 1.54) is 0 Å². The van der Waals surface area contributed by atoms with E-state index in [1.54, 1.807) is 24.3 Å². The number of rotatable bonds is 5. The van der Waals surface area contributed by atoms with Crippen LogP contribution in [0.5, 0.6) is 5.75 Å². The molecule has 0 heterocycles. The van der Waals surface area contributed by atoms with Crippen molar-refractivity contribution in [2.75, 3.05) is 11.9 Å². The first-order valence-corrected chi connectivity index (χ1v) is 8.88. The van der Waals surface area contributed by atoms with E-state index in [9.17, 15) is 4.79 Å². The van der Waals surface area contributed by atoms with Gasteiger partial charge in [-0.3, -0.25) is 10.1 Å². The zero-order chi connectivity index (χ0) is 17.5. The monoisotopic (exact) mass is 426 g/mol. The molecule has 0 saturated carbocycles. The molecule has 1 amide bonds. The Labute approximate surface area is 159 Å². The molecule has 0 aromatic heterocycles. The standard InChI is InChI=1S/C17H16BrClN2O2S/c1-2-9-23-15-8-7-11(18)10-12(15)16(22)21-17(24)20-14-6-4-3-5-13(14)19/h3-8,10H,2,9H2,1H3,(H2,20,21,22,24). The second-order valence-corrected chi connectivity index (χ2v) is 6.61. The lowest BCUT2D eigenvalue weighted by molar-refractivity contribution is 0.0973. The molecule has 0 fully saturated rings. The third kappa shape index (κ3) is 5.19. The highest BCUT2D eigenvalue weighted by Gasteiger charge is 2.15.